The average molecular weight is 222 g/mol. The molecule has 1 aliphatic rings. The molecule has 0 radical (unpaired) electrons. The summed E-state index contributed by atoms with van der Waals surface area (Å²) < 4.78 is 2.04. The summed E-state index contributed by atoms with van der Waals surface area (Å²) in [7, 11) is 0. The SMILES string of the molecule is c1nncn1CCCCNC1CCCCC1. The van der Waals surface area contributed by atoms with E-state index in [4.69, 9.17) is 0 Å². The Bertz CT molecular complexity index is 265. The van der Waals surface area contributed by atoms with Crippen molar-refractivity contribution >= 4 is 0 Å². The smallest absolute Gasteiger partial charge is 0.119 e. The summed E-state index contributed by atoms with van der Waals surface area (Å²) in [6.07, 6.45) is 13.1. The van der Waals surface area contributed by atoms with Gasteiger partial charge >= 0.3 is 0 Å². The van der Waals surface area contributed by atoms with Gasteiger partial charge in [-0.15, -0.1) is 10.2 Å². The molecular weight excluding hydrogens is 200 g/mol. The highest BCUT2D eigenvalue weighted by molar-refractivity contribution is 4.71. The van der Waals surface area contributed by atoms with Gasteiger partial charge < -0.3 is 9.88 Å². The Morgan fingerprint density at radius 1 is 1.06 bits per heavy atom. The van der Waals surface area contributed by atoms with Crippen molar-refractivity contribution in [2.75, 3.05) is 6.54 Å². The summed E-state index contributed by atoms with van der Waals surface area (Å²) in [5.41, 5.74) is 0. The van der Waals surface area contributed by atoms with E-state index in [1.54, 1.807) is 12.7 Å². The van der Waals surface area contributed by atoms with Gasteiger partial charge in [-0.1, -0.05) is 19.3 Å². The zero-order valence-electron chi connectivity index (χ0n) is 9.94. The average Bonchev–Trinajstić information content (AvgIpc) is 2.83. The van der Waals surface area contributed by atoms with Crippen LogP contribution in [0.15, 0.2) is 12.7 Å². The van der Waals surface area contributed by atoms with Crippen LogP contribution in [0.2, 0.25) is 0 Å². The molecule has 0 spiro atoms. The van der Waals surface area contributed by atoms with Gasteiger partial charge in [0.2, 0.25) is 0 Å². The fraction of sp³-hybridized carbons (Fsp3) is 0.833. The van der Waals surface area contributed by atoms with E-state index >= 15 is 0 Å². The lowest BCUT2D eigenvalue weighted by molar-refractivity contribution is 0.369. The highest BCUT2D eigenvalue weighted by atomic mass is 15.2. The molecular formula is C12H22N4. The van der Waals surface area contributed by atoms with Crippen molar-refractivity contribution < 1.29 is 0 Å². The predicted molar refractivity (Wildman–Crippen MR) is 64.1 cm³/mol. The number of aromatic nitrogens is 3. The van der Waals surface area contributed by atoms with E-state index in [0.717, 1.165) is 19.1 Å². The van der Waals surface area contributed by atoms with Gasteiger partial charge in [-0.2, -0.15) is 0 Å². The molecule has 1 heterocycles. The van der Waals surface area contributed by atoms with Gasteiger partial charge in [0.25, 0.3) is 0 Å². The van der Waals surface area contributed by atoms with E-state index in [2.05, 4.69) is 15.5 Å². The predicted octanol–water partition coefficient (Wildman–Crippen LogP) is 1.98. The summed E-state index contributed by atoms with van der Waals surface area (Å²) in [5, 5.41) is 11.2. The Labute approximate surface area is 97.5 Å². The maximum atomic E-state index is 3.79. The number of aryl methyl sites for hydroxylation is 1. The molecule has 90 valence electrons. The maximum absolute atomic E-state index is 3.79. The number of hydrogen-bond donors (Lipinski definition) is 1. The number of hydrogen-bond acceptors (Lipinski definition) is 3. The second kappa shape index (κ2) is 6.63. The molecule has 0 bridgehead atoms. The number of nitrogens with one attached hydrogen (secondary N) is 1. The highest BCUT2D eigenvalue weighted by Gasteiger charge is 2.11. The molecule has 2 rings (SSSR count). The molecule has 0 atom stereocenters. The standard InChI is InChI=1S/C12H22N4/c1-2-6-12(7-3-1)13-8-4-5-9-16-10-14-15-11-16/h10-13H,1-9H2. The normalized spacial score (nSPS) is 17.8. The second-order valence-electron chi connectivity index (χ2n) is 4.70. The van der Waals surface area contributed by atoms with Gasteiger partial charge in [-0.3, -0.25) is 0 Å². The molecule has 0 amide bonds. The van der Waals surface area contributed by atoms with Crippen molar-refractivity contribution in [1.82, 2.24) is 20.1 Å². The van der Waals surface area contributed by atoms with E-state index in [1.165, 1.54) is 44.9 Å². The minimum Gasteiger partial charge on any atom is -0.320 e. The van der Waals surface area contributed by atoms with Crippen LogP contribution in [0.1, 0.15) is 44.9 Å². The lowest BCUT2D eigenvalue weighted by Gasteiger charge is -2.22. The van der Waals surface area contributed by atoms with Crippen molar-refractivity contribution in [1.29, 1.82) is 0 Å². The summed E-state index contributed by atoms with van der Waals surface area (Å²) in [6, 6.07) is 0.795. The Balaban J connectivity index is 1.48. The van der Waals surface area contributed by atoms with Crippen LogP contribution in [0.5, 0.6) is 0 Å². The second-order valence-corrected chi connectivity index (χ2v) is 4.70. The van der Waals surface area contributed by atoms with E-state index in [9.17, 15) is 0 Å². The molecule has 1 saturated carbocycles. The third kappa shape index (κ3) is 3.93. The molecule has 1 N–H and O–H groups in total. The van der Waals surface area contributed by atoms with Crippen LogP contribution >= 0.6 is 0 Å². The Morgan fingerprint density at radius 2 is 1.81 bits per heavy atom. The molecule has 1 aromatic heterocycles. The first-order valence-electron chi connectivity index (χ1n) is 6.51. The summed E-state index contributed by atoms with van der Waals surface area (Å²) >= 11 is 0. The zero-order chi connectivity index (χ0) is 11.1. The van der Waals surface area contributed by atoms with Crippen LogP contribution in [0.25, 0.3) is 0 Å². The molecule has 0 saturated heterocycles. The topological polar surface area (TPSA) is 42.7 Å². The van der Waals surface area contributed by atoms with Crippen LogP contribution in [0.3, 0.4) is 0 Å². The van der Waals surface area contributed by atoms with Gasteiger partial charge in [0.15, 0.2) is 0 Å². The molecule has 0 aliphatic heterocycles. The van der Waals surface area contributed by atoms with Crippen LogP contribution in [0.4, 0.5) is 0 Å². The van der Waals surface area contributed by atoms with Gasteiger partial charge in [0.05, 0.1) is 0 Å². The maximum Gasteiger partial charge on any atom is 0.119 e. The third-order valence-corrected chi connectivity index (χ3v) is 3.35. The van der Waals surface area contributed by atoms with Crippen molar-refractivity contribution in [2.24, 2.45) is 0 Å². The molecule has 0 aromatic carbocycles. The van der Waals surface area contributed by atoms with Gasteiger partial charge in [-0.05, 0) is 32.2 Å². The van der Waals surface area contributed by atoms with Crippen molar-refractivity contribution in [3.63, 3.8) is 0 Å². The largest absolute Gasteiger partial charge is 0.320 e. The Hall–Kier alpha value is -0.900. The highest BCUT2D eigenvalue weighted by Crippen LogP contribution is 2.17. The van der Waals surface area contributed by atoms with Crippen molar-refractivity contribution in [3.8, 4) is 0 Å². The van der Waals surface area contributed by atoms with Crippen LogP contribution in [-0.2, 0) is 6.54 Å². The molecule has 4 heteroatoms. The zero-order valence-corrected chi connectivity index (χ0v) is 9.94. The molecule has 0 unspecified atom stereocenters. The van der Waals surface area contributed by atoms with Crippen molar-refractivity contribution in [3.05, 3.63) is 12.7 Å². The number of unbranched alkanes of at least 4 members (excludes halogenated alkanes) is 1. The lowest BCUT2D eigenvalue weighted by Crippen LogP contribution is -2.31. The monoisotopic (exact) mass is 222 g/mol. The fourth-order valence-corrected chi connectivity index (χ4v) is 2.37. The van der Waals surface area contributed by atoms with E-state index in [1.807, 2.05) is 4.57 Å². The minimum atomic E-state index is 0.795. The first-order chi connectivity index (χ1) is 7.95. The summed E-state index contributed by atoms with van der Waals surface area (Å²) in [6.45, 7) is 2.20. The molecule has 1 aliphatic carbocycles. The van der Waals surface area contributed by atoms with Crippen LogP contribution in [-0.4, -0.2) is 27.4 Å². The molecule has 1 aromatic rings. The van der Waals surface area contributed by atoms with Gasteiger partial charge in [0, 0.05) is 12.6 Å². The number of rotatable bonds is 6. The third-order valence-electron chi connectivity index (χ3n) is 3.35. The Morgan fingerprint density at radius 3 is 2.56 bits per heavy atom. The summed E-state index contributed by atoms with van der Waals surface area (Å²) in [5.74, 6) is 0. The first kappa shape index (κ1) is 11.6. The van der Waals surface area contributed by atoms with E-state index < -0.39 is 0 Å². The molecule has 1 fully saturated rings. The number of nitrogens with zero attached hydrogens (tertiary/aromatic N) is 3. The fourth-order valence-electron chi connectivity index (χ4n) is 2.37. The quantitative estimate of drug-likeness (QED) is 0.748. The van der Waals surface area contributed by atoms with Gasteiger partial charge in [0.1, 0.15) is 12.7 Å². The molecule has 4 nitrogen and oxygen atoms in total. The minimum absolute atomic E-state index is 0.795. The summed E-state index contributed by atoms with van der Waals surface area (Å²) in [4.78, 5) is 0. The van der Waals surface area contributed by atoms with Crippen LogP contribution < -0.4 is 5.32 Å². The van der Waals surface area contributed by atoms with Gasteiger partial charge in [-0.25, -0.2) is 0 Å². The molecule has 16 heavy (non-hydrogen) atoms. The van der Waals surface area contributed by atoms with Crippen molar-refractivity contribution in [2.45, 2.75) is 57.5 Å². The van der Waals surface area contributed by atoms with E-state index in [-0.39, 0.29) is 0 Å². The lowest BCUT2D eigenvalue weighted by atomic mass is 9.95. The first-order valence-corrected chi connectivity index (χ1v) is 6.51. The van der Waals surface area contributed by atoms with E-state index in [0.29, 0.717) is 0 Å². The Kier molecular flexibility index (Phi) is 4.80. The van der Waals surface area contributed by atoms with Crippen LogP contribution in [0, 0.1) is 0 Å².